The molecule has 2 rings (SSSR count). The highest BCUT2D eigenvalue weighted by atomic mass is 16.5. The quantitative estimate of drug-likeness (QED) is 0.612. The first-order valence-electron chi connectivity index (χ1n) is 4.90. The fourth-order valence-corrected chi connectivity index (χ4v) is 2.01. The standard InChI is InChI=1S/C10H15NO3/c1-13-9(12)8-6-10(14-7-8)2-4-11-5-3-10/h6,11H,2-5,7H2,1H3. The third-order valence-electron chi connectivity index (χ3n) is 2.85. The Morgan fingerprint density at radius 3 is 2.93 bits per heavy atom. The van der Waals surface area contributed by atoms with E-state index in [1.165, 1.54) is 7.11 Å². The van der Waals surface area contributed by atoms with Gasteiger partial charge in [-0.25, -0.2) is 4.79 Å². The zero-order valence-electron chi connectivity index (χ0n) is 8.34. The molecule has 1 fully saturated rings. The van der Waals surface area contributed by atoms with Gasteiger partial charge in [0.2, 0.25) is 0 Å². The van der Waals surface area contributed by atoms with Crippen molar-refractivity contribution in [2.45, 2.75) is 18.4 Å². The van der Waals surface area contributed by atoms with E-state index in [4.69, 9.17) is 4.74 Å². The van der Waals surface area contributed by atoms with Gasteiger partial charge < -0.3 is 14.8 Å². The SMILES string of the molecule is COC(=O)C1=CC2(CCNCC2)OC1. The summed E-state index contributed by atoms with van der Waals surface area (Å²) in [6.45, 7) is 2.29. The molecule has 1 saturated heterocycles. The molecule has 0 unspecified atom stereocenters. The van der Waals surface area contributed by atoms with Crippen LogP contribution in [0, 0.1) is 0 Å². The summed E-state index contributed by atoms with van der Waals surface area (Å²) >= 11 is 0. The van der Waals surface area contributed by atoms with Crippen LogP contribution in [0.1, 0.15) is 12.8 Å². The largest absolute Gasteiger partial charge is 0.466 e. The Hall–Kier alpha value is -0.870. The van der Waals surface area contributed by atoms with Crippen molar-refractivity contribution in [1.29, 1.82) is 0 Å². The summed E-state index contributed by atoms with van der Waals surface area (Å²) in [6, 6.07) is 0. The fourth-order valence-electron chi connectivity index (χ4n) is 2.01. The molecule has 2 heterocycles. The minimum Gasteiger partial charge on any atom is -0.466 e. The monoisotopic (exact) mass is 197 g/mol. The first-order valence-corrected chi connectivity index (χ1v) is 4.90. The predicted octanol–water partition coefficient (Wildman–Crippen LogP) is 0.238. The van der Waals surface area contributed by atoms with Gasteiger partial charge in [-0.05, 0) is 32.0 Å². The van der Waals surface area contributed by atoms with E-state index in [-0.39, 0.29) is 11.6 Å². The molecule has 2 aliphatic rings. The third-order valence-corrected chi connectivity index (χ3v) is 2.85. The molecular weight excluding hydrogens is 182 g/mol. The van der Waals surface area contributed by atoms with E-state index in [1.807, 2.05) is 6.08 Å². The van der Waals surface area contributed by atoms with E-state index in [2.05, 4.69) is 10.1 Å². The Bertz CT molecular complexity index is 267. The molecule has 0 aliphatic carbocycles. The van der Waals surface area contributed by atoms with Crippen LogP contribution in [0.2, 0.25) is 0 Å². The van der Waals surface area contributed by atoms with Gasteiger partial charge in [0.25, 0.3) is 0 Å². The second kappa shape index (κ2) is 3.71. The van der Waals surface area contributed by atoms with E-state index >= 15 is 0 Å². The Morgan fingerprint density at radius 1 is 1.57 bits per heavy atom. The van der Waals surface area contributed by atoms with Crippen LogP contribution in [0.4, 0.5) is 0 Å². The van der Waals surface area contributed by atoms with Crippen molar-refractivity contribution in [2.75, 3.05) is 26.8 Å². The van der Waals surface area contributed by atoms with Crippen LogP contribution in [0.15, 0.2) is 11.6 Å². The molecule has 0 saturated carbocycles. The lowest BCUT2D eigenvalue weighted by molar-refractivity contribution is -0.136. The van der Waals surface area contributed by atoms with E-state index in [9.17, 15) is 4.79 Å². The zero-order chi connectivity index (χ0) is 10.0. The second-order valence-electron chi connectivity index (χ2n) is 3.76. The average Bonchev–Trinajstić information content (AvgIpc) is 2.62. The zero-order valence-corrected chi connectivity index (χ0v) is 8.34. The normalized spacial score (nSPS) is 24.8. The number of nitrogens with one attached hydrogen (secondary N) is 1. The molecule has 0 aromatic rings. The van der Waals surface area contributed by atoms with Gasteiger partial charge in [0, 0.05) is 0 Å². The molecule has 0 amide bonds. The van der Waals surface area contributed by atoms with Crippen molar-refractivity contribution in [3.05, 3.63) is 11.6 Å². The predicted molar refractivity (Wildman–Crippen MR) is 50.9 cm³/mol. The number of piperidine rings is 1. The summed E-state index contributed by atoms with van der Waals surface area (Å²) in [5, 5.41) is 3.27. The number of methoxy groups -OCH3 is 1. The average molecular weight is 197 g/mol. The first-order chi connectivity index (χ1) is 6.76. The van der Waals surface area contributed by atoms with Crippen molar-refractivity contribution in [1.82, 2.24) is 5.32 Å². The number of ether oxygens (including phenoxy) is 2. The number of rotatable bonds is 1. The Kier molecular flexibility index (Phi) is 2.56. The van der Waals surface area contributed by atoms with Crippen LogP contribution in [0.5, 0.6) is 0 Å². The number of carbonyl (C=O) groups is 1. The van der Waals surface area contributed by atoms with E-state index in [1.54, 1.807) is 0 Å². The summed E-state index contributed by atoms with van der Waals surface area (Å²) in [4.78, 5) is 11.3. The highest BCUT2D eigenvalue weighted by Gasteiger charge is 2.37. The maximum Gasteiger partial charge on any atom is 0.335 e. The first kappa shape index (κ1) is 9.68. The molecule has 0 bridgehead atoms. The van der Waals surface area contributed by atoms with Gasteiger partial charge >= 0.3 is 5.97 Å². The van der Waals surface area contributed by atoms with Crippen LogP contribution in [-0.2, 0) is 14.3 Å². The topological polar surface area (TPSA) is 47.6 Å². The molecule has 78 valence electrons. The molecule has 0 aromatic heterocycles. The van der Waals surface area contributed by atoms with E-state index in [0.717, 1.165) is 25.9 Å². The molecule has 1 spiro atoms. The minimum atomic E-state index is -0.264. The number of hydrogen-bond donors (Lipinski definition) is 1. The van der Waals surface area contributed by atoms with Gasteiger partial charge in [-0.2, -0.15) is 0 Å². The molecule has 4 heteroatoms. The van der Waals surface area contributed by atoms with Crippen LogP contribution in [0.3, 0.4) is 0 Å². The Balaban J connectivity index is 2.09. The van der Waals surface area contributed by atoms with Crippen LogP contribution in [-0.4, -0.2) is 38.4 Å². The smallest absolute Gasteiger partial charge is 0.335 e. The lowest BCUT2D eigenvalue weighted by atomic mass is 9.92. The fraction of sp³-hybridized carbons (Fsp3) is 0.700. The van der Waals surface area contributed by atoms with Crippen molar-refractivity contribution < 1.29 is 14.3 Å². The van der Waals surface area contributed by atoms with Gasteiger partial charge in [0.05, 0.1) is 24.9 Å². The summed E-state index contributed by atoms with van der Waals surface area (Å²) < 4.78 is 10.3. The van der Waals surface area contributed by atoms with Gasteiger partial charge in [-0.1, -0.05) is 0 Å². The Labute approximate surface area is 83.3 Å². The minimum absolute atomic E-state index is 0.200. The number of hydrogen-bond acceptors (Lipinski definition) is 4. The van der Waals surface area contributed by atoms with E-state index < -0.39 is 0 Å². The van der Waals surface area contributed by atoms with Gasteiger partial charge in [0.15, 0.2) is 0 Å². The molecular formula is C10H15NO3. The Morgan fingerprint density at radius 2 is 2.29 bits per heavy atom. The van der Waals surface area contributed by atoms with Crippen molar-refractivity contribution >= 4 is 5.97 Å². The summed E-state index contributed by atoms with van der Waals surface area (Å²) in [6.07, 6.45) is 3.82. The maximum atomic E-state index is 11.3. The van der Waals surface area contributed by atoms with Crippen LogP contribution < -0.4 is 5.32 Å². The summed E-state index contributed by atoms with van der Waals surface area (Å²) in [5.74, 6) is -0.264. The molecule has 2 aliphatic heterocycles. The van der Waals surface area contributed by atoms with Gasteiger partial charge in [-0.3, -0.25) is 0 Å². The molecule has 0 atom stereocenters. The maximum absolute atomic E-state index is 11.3. The lowest BCUT2D eigenvalue weighted by Gasteiger charge is -2.31. The van der Waals surface area contributed by atoms with Gasteiger partial charge in [-0.15, -0.1) is 0 Å². The molecule has 0 aromatic carbocycles. The van der Waals surface area contributed by atoms with Gasteiger partial charge in [0.1, 0.15) is 0 Å². The van der Waals surface area contributed by atoms with Crippen LogP contribution in [0.25, 0.3) is 0 Å². The highest BCUT2D eigenvalue weighted by Crippen LogP contribution is 2.31. The molecule has 1 N–H and O–H groups in total. The van der Waals surface area contributed by atoms with E-state index in [0.29, 0.717) is 12.2 Å². The third kappa shape index (κ3) is 1.67. The van der Waals surface area contributed by atoms with Crippen molar-refractivity contribution in [2.24, 2.45) is 0 Å². The summed E-state index contributed by atoms with van der Waals surface area (Å²) in [5.41, 5.74) is 0.462. The van der Waals surface area contributed by atoms with Crippen LogP contribution >= 0.6 is 0 Å². The van der Waals surface area contributed by atoms with Crippen molar-refractivity contribution in [3.63, 3.8) is 0 Å². The summed E-state index contributed by atoms with van der Waals surface area (Å²) in [7, 11) is 1.40. The second-order valence-corrected chi connectivity index (χ2v) is 3.76. The number of esters is 1. The molecule has 4 nitrogen and oxygen atoms in total. The molecule has 0 radical (unpaired) electrons. The highest BCUT2D eigenvalue weighted by molar-refractivity contribution is 5.89. The molecule has 14 heavy (non-hydrogen) atoms. The van der Waals surface area contributed by atoms with Crippen molar-refractivity contribution in [3.8, 4) is 0 Å². The number of carbonyl (C=O) groups excluding carboxylic acids is 1. The lowest BCUT2D eigenvalue weighted by Crippen LogP contribution is -2.40.